The molecule has 1 N–H and O–H groups in total. The van der Waals surface area contributed by atoms with Gasteiger partial charge < -0.3 is 4.90 Å². The molecule has 0 bridgehead atoms. The van der Waals surface area contributed by atoms with Crippen molar-refractivity contribution in [1.82, 2.24) is 20.1 Å². The van der Waals surface area contributed by atoms with Gasteiger partial charge in [0.25, 0.3) is 5.91 Å². The van der Waals surface area contributed by atoms with Crippen molar-refractivity contribution in [2.24, 2.45) is 5.10 Å². The summed E-state index contributed by atoms with van der Waals surface area (Å²) in [5, 5.41) is 8.11. The lowest BCUT2D eigenvalue weighted by Crippen LogP contribution is -2.42. The van der Waals surface area contributed by atoms with E-state index in [9.17, 15) is 9.59 Å². The van der Waals surface area contributed by atoms with Crippen molar-refractivity contribution in [3.8, 4) is 0 Å². The lowest BCUT2D eigenvalue weighted by Gasteiger charge is -2.31. The van der Waals surface area contributed by atoms with Crippen LogP contribution >= 0.6 is 0 Å². The Morgan fingerprint density at radius 2 is 2.15 bits per heavy atom. The minimum absolute atomic E-state index is 0.0944. The van der Waals surface area contributed by atoms with Crippen LogP contribution in [0, 0.1) is 6.92 Å². The number of hydrogen-bond donors (Lipinski definition) is 1. The number of hydrazone groups is 1. The van der Waals surface area contributed by atoms with Crippen LogP contribution in [0.3, 0.4) is 0 Å². The predicted molar refractivity (Wildman–Crippen MR) is 72.0 cm³/mol. The third-order valence-corrected chi connectivity index (χ3v) is 3.75. The molecule has 0 radical (unpaired) electrons. The second-order valence-corrected chi connectivity index (χ2v) is 5.29. The van der Waals surface area contributed by atoms with Gasteiger partial charge in [-0.1, -0.05) is 0 Å². The summed E-state index contributed by atoms with van der Waals surface area (Å²) in [7, 11) is 0. The van der Waals surface area contributed by atoms with Crippen molar-refractivity contribution in [2.75, 3.05) is 13.1 Å². The summed E-state index contributed by atoms with van der Waals surface area (Å²) >= 11 is 0. The van der Waals surface area contributed by atoms with Crippen LogP contribution in [0.15, 0.2) is 17.5 Å². The molecule has 3 rings (SSSR count). The highest BCUT2D eigenvalue weighted by molar-refractivity contribution is 6.43. The first-order valence-electron chi connectivity index (χ1n) is 6.79. The molecule has 106 valence electrons. The molecule has 0 unspecified atom stereocenters. The Bertz CT molecular complexity index is 569. The first kappa shape index (κ1) is 12.8. The van der Waals surface area contributed by atoms with E-state index in [0.29, 0.717) is 24.8 Å². The molecule has 1 fully saturated rings. The van der Waals surface area contributed by atoms with Crippen LogP contribution in [0.4, 0.5) is 0 Å². The average molecular weight is 275 g/mol. The fourth-order valence-electron chi connectivity index (χ4n) is 2.63. The number of rotatable bonds is 2. The summed E-state index contributed by atoms with van der Waals surface area (Å²) < 4.78 is 1.98. The Balaban J connectivity index is 1.58. The van der Waals surface area contributed by atoms with Crippen molar-refractivity contribution < 1.29 is 9.59 Å². The van der Waals surface area contributed by atoms with E-state index in [2.05, 4.69) is 15.6 Å². The number of aryl methyl sites for hydroxylation is 1. The topological polar surface area (TPSA) is 79.6 Å². The zero-order valence-electron chi connectivity index (χ0n) is 11.4. The maximum Gasteiger partial charge on any atom is 0.270 e. The summed E-state index contributed by atoms with van der Waals surface area (Å²) in [6, 6.07) is 0.345. The third kappa shape index (κ3) is 2.43. The number of amides is 2. The summed E-state index contributed by atoms with van der Waals surface area (Å²) in [6.45, 7) is 3.37. The van der Waals surface area contributed by atoms with E-state index in [-0.39, 0.29) is 18.2 Å². The zero-order chi connectivity index (χ0) is 14.1. The second-order valence-electron chi connectivity index (χ2n) is 5.29. The summed E-state index contributed by atoms with van der Waals surface area (Å²) in [5.74, 6) is -0.339. The molecular weight excluding hydrogens is 258 g/mol. The number of nitrogens with zero attached hydrogens (tertiary/aromatic N) is 4. The van der Waals surface area contributed by atoms with Gasteiger partial charge in [0.1, 0.15) is 5.71 Å². The van der Waals surface area contributed by atoms with E-state index >= 15 is 0 Å². The van der Waals surface area contributed by atoms with Crippen LogP contribution in [0.5, 0.6) is 0 Å². The first-order chi connectivity index (χ1) is 9.63. The van der Waals surface area contributed by atoms with Crippen molar-refractivity contribution in [3.63, 3.8) is 0 Å². The molecule has 2 amide bonds. The van der Waals surface area contributed by atoms with Gasteiger partial charge in [-0.2, -0.15) is 10.2 Å². The van der Waals surface area contributed by atoms with E-state index in [1.165, 1.54) is 0 Å². The molecule has 0 aliphatic carbocycles. The Morgan fingerprint density at radius 1 is 1.40 bits per heavy atom. The number of piperidine rings is 1. The molecule has 7 nitrogen and oxygen atoms in total. The third-order valence-electron chi connectivity index (χ3n) is 3.75. The summed E-state index contributed by atoms with van der Waals surface area (Å²) in [4.78, 5) is 25.0. The number of likely N-dealkylation sites (tertiary alicyclic amines) is 1. The molecule has 2 aliphatic rings. The van der Waals surface area contributed by atoms with Gasteiger partial charge in [0.05, 0.1) is 18.7 Å². The van der Waals surface area contributed by atoms with Crippen molar-refractivity contribution in [1.29, 1.82) is 0 Å². The SMILES string of the molecule is Cc1cnn(C2CCN(C(=O)C3=NNC(=O)C3)CC2)c1. The largest absolute Gasteiger partial charge is 0.337 e. The standard InChI is InChI=1S/C13H17N5O2/c1-9-7-14-18(8-9)10-2-4-17(5-3-10)13(20)11-6-12(19)16-15-11/h7-8,10H,2-6H2,1H3,(H,16,19). The van der Waals surface area contributed by atoms with Crippen molar-refractivity contribution in [2.45, 2.75) is 32.2 Å². The van der Waals surface area contributed by atoms with Crippen molar-refractivity contribution >= 4 is 17.5 Å². The Hall–Kier alpha value is -2.18. The van der Waals surface area contributed by atoms with E-state index in [4.69, 9.17) is 0 Å². The maximum atomic E-state index is 12.2. The van der Waals surface area contributed by atoms with Gasteiger partial charge in [-0.15, -0.1) is 0 Å². The minimum atomic E-state index is -0.213. The van der Waals surface area contributed by atoms with Crippen LogP contribution in [0.1, 0.15) is 30.9 Å². The van der Waals surface area contributed by atoms with E-state index in [1.54, 1.807) is 4.90 Å². The van der Waals surface area contributed by atoms with Crippen molar-refractivity contribution in [3.05, 3.63) is 18.0 Å². The normalized spacial score (nSPS) is 19.9. The number of carbonyl (C=O) groups is 2. The molecule has 1 aromatic rings. The molecular formula is C13H17N5O2. The fourth-order valence-corrected chi connectivity index (χ4v) is 2.63. The number of carbonyl (C=O) groups excluding carboxylic acids is 2. The van der Waals surface area contributed by atoms with Crippen LogP contribution < -0.4 is 5.43 Å². The summed E-state index contributed by atoms with van der Waals surface area (Å²) in [5.41, 5.74) is 3.78. The van der Waals surface area contributed by atoms with E-state index in [1.807, 2.05) is 24.0 Å². The molecule has 1 saturated heterocycles. The molecule has 0 atom stereocenters. The zero-order valence-corrected chi connectivity index (χ0v) is 11.4. The highest BCUT2D eigenvalue weighted by Crippen LogP contribution is 2.22. The lowest BCUT2D eigenvalue weighted by molar-refractivity contribution is -0.126. The Kier molecular flexibility index (Phi) is 3.25. The predicted octanol–water partition coefficient (Wildman–Crippen LogP) is 0.231. The van der Waals surface area contributed by atoms with Crippen LogP contribution in [-0.2, 0) is 9.59 Å². The highest BCUT2D eigenvalue weighted by Gasteiger charge is 2.29. The number of aromatic nitrogens is 2. The first-order valence-corrected chi connectivity index (χ1v) is 6.79. The van der Waals surface area contributed by atoms with Crippen LogP contribution in [0.2, 0.25) is 0 Å². The minimum Gasteiger partial charge on any atom is -0.337 e. The van der Waals surface area contributed by atoms with E-state index in [0.717, 1.165) is 18.4 Å². The quantitative estimate of drug-likeness (QED) is 0.839. The molecule has 0 spiro atoms. The lowest BCUT2D eigenvalue weighted by atomic mass is 10.0. The average Bonchev–Trinajstić information content (AvgIpc) is 3.07. The van der Waals surface area contributed by atoms with Crippen LogP contribution in [0.25, 0.3) is 0 Å². The second kappa shape index (κ2) is 5.07. The molecule has 0 saturated carbocycles. The van der Waals surface area contributed by atoms with Gasteiger partial charge in [0.15, 0.2) is 0 Å². The van der Waals surface area contributed by atoms with E-state index < -0.39 is 0 Å². The van der Waals surface area contributed by atoms with Gasteiger partial charge in [-0.25, -0.2) is 5.43 Å². The molecule has 3 heterocycles. The van der Waals surface area contributed by atoms with Crippen LogP contribution in [-0.4, -0.2) is 45.3 Å². The van der Waals surface area contributed by atoms with Gasteiger partial charge in [-0.05, 0) is 25.3 Å². The monoisotopic (exact) mass is 275 g/mol. The maximum absolute atomic E-state index is 12.2. The smallest absolute Gasteiger partial charge is 0.270 e. The molecule has 1 aromatic heterocycles. The Labute approximate surface area is 116 Å². The Morgan fingerprint density at radius 3 is 2.70 bits per heavy atom. The number of nitrogens with one attached hydrogen (secondary N) is 1. The summed E-state index contributed by atoms with van der Waals surface area (Å²) in [6.07, 6.45) is 5.73. The molecule has 2 aliphatic heterocycles. The van der Waals surface area contributed by atoms with Gasteiger partial charge >= 0.3 is 0 Å². The fraction of sp³-hybridized carbons (Fsp3) is 0.538. The van der Waals surface area contributed by atoms with Gasteiger partial charge in [0, 0.05) is 19.3 Å². The molecule has 7 heteroatoms. The highest BCUT2D eigenvalue weighted by atomic mass is 16.2. The number of hydrogen-bond acceptors (Lipinski definition) is 4. The van der Waals surface area contributed by atoms with Gasteiger partial charge in [0.2, 0.25) is 5.91 Å². The molecule has 20 heavy (non-hydrogen) atoms. The molecule has 0 aromatic carbocycles. The van der Waals surface area contributed by atoms with Gasteiger partial charge in [-0.3, -0.25) is 14.3 Å².